The number of esters is 1. The summed E-state index contributed by atoms with van der Waals surface area (Å²) in [6.45, 7) is 6.49. The first-order valence-corrected chi connectivity index (χ1v) is 12.3. The van der Waals surface area contributed by atoms with E-state index in [0.717, 1.165) is 6.42 Å². The van der Waals surface area contributed by atoms with Crippen molar-refractivity contribution < 1.29 is 18.7 Å². The Kier molecular flexibility index (Phi) is 8.02. The zero-order chi connectivity index (χ0) is 26.4. The van der Waals surface area contributed by atoms with Crippen molar-refractivity contribution >= 4 is 28.6 Å². The van der Waals surface area contributed by atoms with E-state index in [1.807, 2.05) is 26.0 Å². The second-order valence-electron chi connectivity index (χ2n) is 8.56. The maximum Gasteiger partial charge on any atom is 0.338 e. The van der Waals surface area contributed by atoms with Crippen LogP contribution in [0.15, 0.2) is 76.1 Å². The highest BCUT2D eigenvalue weighted by atomic mass is 16.5. The summed E-state index contributed by atoms with van der Waals surface area (Å²) in [4.78, 5) is 45.2. The van der Waals surface area contributed by atoms with Crippen LogP contribution in [0.3, 0.4) is 0 Å². The lowest BCUT2D eigenvalue weighted by Gasteiger charge is -2.30. The van der Waals surface area contributed by atoms with Crippen LogP contribution in [0, 0.1) is 0 Å². The third kappa shape index (κ3) is 5.72. The molecule has 9 nitrogen and oxygen atoms in total. The highest BCUT2D eigenvalue weighted by molar-refractivity contribution is 5.92. The van der Waals surface area contributed by atoms with Crippen molar-refractivity contribution in [3.05, 3.63) is 94.4 Å². The van der Waals surface area contributed by atoms with Crippen molar-refractivity contribution in [2.75, 3.05) is 11.9 Å². The first-order chi connectivity index (χ1) is 17.9. The first-order valence-electron chi connectivity index (χ1n) is 12.3. The molecule has 0 aliphatic heterocycles. The van der Waals surface area contributed by atoms with Gasteiger partial charge in [-0.1, -0.05) is 19.1 Å². The van der Waals surface area contributed by atoms with Crippen molar-refractivity contribution in [1.82, 2.24) is 14.5 Å². The Labute approximate surface area is 214 Å². The van der Waals surface area contributed by atoms with Crippen LogP contribution in [0.4, 0.5) is 10.5 Å². The number of aromatic nitrogens is 2. The molecule has 0 aliphatic carbocycles. The molecule has 1 atom stereocenters. The molecule has 0 radical (unpaired) electrons. The number of nitrogens with zero attached hydrogens (tertiary/aromatic N) is 3. The molecule has 2 amide bonds. The number of urea groups is 1. The monoisotopic (exact) mass is 502 g/mol. The van der Waals surface area contributed by atoms with Gasteiger partial charge in [-0.05, 0) is 68.8 Å². The minimum Gasteiger partial charge on any atom is -0.467 e. The smallest absolute Gasteiger partial charge is 0.338 e. The maximum absolute atomic E-state index is 13.6. The molecule has 4 rings (SSSR count). The van der Waals surface area contributed by atoms with Crippen molar-refractivity contribution in [2.45, 2.75) is 46.3 Å². The summed E-state index contributed by atoms with van der Waals surface area (Å²) in [6, 6.07) is 16.3. The molecule has 1 unspecified atom stereocenters. The minimum absolute atomic E-state index is 0.137. The van der Waals surface area contributed by atoms with E-state index in [-0.39, 0.29) is 18.7 Å². The molecule has 0 spiro atoms. The topological polar surface area (TPSA) is 107 Å². The summed E-state index contributed by atoms with van der Waals surface area (Å²) < 4.78 is 12.2. The predicted molar refractivity (Wildman–Crippen MR) is 140 cm³/mol. The minimum atomic E-state index is -0.562. The van der Waals surface area contributed by atoms with Crippen molar-refractivity contribution in [3.63, 3.8) is 0 Å². The zero-order valence-corrected chi connectivity index (χ0v) is 21.1. The predicted octanol–water partition coefficient (Wildman–Crippen LogP) is 5.37. The number of rotatable bonds is 9. The van der Waals surface area contributed by atoms with E-state index in [9.17, 15) is 14.4 Å². The summed E-state index contributed by atoms with van der Waals surface area (Å²) in [6.07, 6.45) is 2.28. The van der Waals surface area contributed by atoms with Gasteiger partial charge in [0.2, 0.25) is 0 Å². The molecule has 2 aromatic carbocycles. The fourth-order valence-electron chi connectivity index (χ4n) is 4.14. The number of para-hydroxylation sites is 1. The van der Waals surface area contributed by atoms with Gasteiger partial charge in [-0.2, -0.15) is 0 Å². The van der Waals surface area contributed by atoms with E-state index < -0.39 is 18.0 Å². The molecular formula is C28H30N4O5. The van der Waals surface area contributed by atoms with Crippen LogP contribution in [0.2, 0.25) is 0 Å². The van der Waals surface area contributed by atoms with Crippen LogP contribution in [0.1, 0.15) is 55.2 Å². The molecule has 2 heterocycles. The molecule has 0 saturated carbocycles. The maximum atomic E-state index is 13.6. The van der Waals surface area contributed by atoms with Crippen LogP contribution in [0.5, 0.6) is 0 Å². The second-order valence-corrected chi connectivity index (χ2v) is 8.56. The van der Waals surface area contributed by atoms with Crippen molar-refractivity contribution in [1.29, 1.82) is 0 Å². The number of benzene rings is 2. The Morgan fingerprint density at radius 1 is 1.08 bits per heavy atom. The highest BCUT2D eigenvalue weighted by Crippen LogP contribution is 2.24. The molecule has 9 heteroatoms. The number of ether oxygens (including phenoxy) is 1. The Balaban J connectivity index is 1.68. The quantitative estimate of drug-likeness (QED) is 0.308. The van der Waals surface area contributed by atoms with Gasteiger partial charge in [0.15, 0.2) is 0 Å². The molecule has 0 aliphatic rings. The molecule has 0 bridgehead atoms. The molecule has 0 saturated heterocycles. The third-order valence-corrected chi connectivity index (χ3v) is 5.99. The summed E-state index contributed by atoms with van der Waals surface area (Å²) in [5, 5.41) is 3.42. The fourth-order valence-corrected chi connectivity index (χ4v) is 4.14. The third-order valence-electron chi connectivity index (χ3n) is 5.99. The second kappa shape index (κ2) is 11.6. The van der Waals surface area contributed by atoms with Crippen LogP contribution in [-0.2, 0) is 17.8 Å². The van der Waals surface area contributed by atoms with Gasteiger partial charge in [0.05, 0.1) is 41.9 Å². The lowest BCUT2D eigenvalue weighted by Crippen LogP contribution is -2.39. The van der Waals surface area contributed by atoms with E-state index in [1.54, 1.807) is 71.2 Å². The molecule has 1 N–H and O–H groups in total. The van der Waals surface area contributed by atoms with E-state index in [1.165, 1.54) is 0 Å². The Morgan fingerprint density at radius 2 is 1.84 bits per heavy atom. The first kappa shape index (κ1) is 25.7. The van der Waals surface area contributed by atoms with Gasteiger partial charge < -0.3 is 19.4 Å². The van der Waals surface area contributed by atoms with Crippen LogP contribution in [-0.4, -0.2) is 33.1 Å². The van der Waals surface area contributed by atoms with E-state index in [2.05, 4.69) is 5.32 Å². The average Bonchev–Trinajstić information content (AvgIpc) is 3.42. The summed E-state index contributed by atoms with van der Waals surface area (Å²) in [5.41, 5.74) is 1.34. The number of hydrogen-bond donors (Lipinski definition) is 1. The van der Waals surface area contributed by atoms with Gasteiger partial charge in [-0.15, -0.1) is 0 Å². The molecule has 4 aromatic rings. The van der Waals surface area contributed by atoms with Crippen molar-refractivity contribution in [2.24, 2.45) is 0 Å². The summed E-state index contributed by atoms with van der Waals surface area (Å²) in [5.74, 6) is 0.652. The molecule has 0 fully saturated rings. The number of furan rings is 1. The van der Waals surface area contributed by atoms with Gasteiger partial charge in [0.1, 0.15) is 11.6 Å². The van der Waals surface area contributed by atoms with E-state index >= 15 is 0 Å². The molecule has 192 valence electrons. The van der Waals surface area contributed by atoms with Gasteiger partial charge in [-0.3, -0.25) is 9.36 Å². The van der Waals surface area contributed by atoms with E-state index in [4.69, 9.17) is 14.1 Å². The number of carbonyl (C=O) groups excluding carboxylic acids is 2. The number of carbonyl (C=O) groups is 2. The summed E-state index contributed by atoms with van der Waals surface area (Å²) in [7, 11) is 0. The fraction of sp³-hybridized carbons (Fsp3) is 0.286. The zero-order valence-electron chi connectivity index (χ0n) is 21.1. The molecule has 37 heavy (non-hydrogen) atoms. The van der Waals surface area contributed by atoms with Crippen LogP contribution < -0.4 is 10.9 Å². The Morgan fingerprint density at radius 3 is 2.51 bits per heavy atom. The Hall–Kier alpha value is -4.40. The lowest BCUT2D eigenvalue weighted by atomic mass is 10.2. The van der Waals surface area contributed by atoms with E-state index in [0.29, 0.717) is 40.3 Å². The van der Waals surface area contributed by atoms with Gasteiger partial charge >= 0.3 is 12.0 Å². The number of anilines is 1. The van der Waals surface area contributed by atoms with Gasteiger partial charge in [-0.25, -0.2) is 14.6 Å². The number of hydrogen-bond acceptors (Lipinski definition) is 6. The number of fused-ring (bicyclic) bond motifs is 1. The Bertz CT molecular complexity index is 1430. The normalized spacial score (nSPS) is 11.8. The highest BCUT2D eigenvalue weighted by Gasteiger charge is 2.27. The number of amides is 2. The largest absolute Gasteiger partial charge is 0.467 e. The lowest BCUT2D eigenvalue weighted by molar-refractivity contribution is 0.0526. The van der Waals surface area contributed by atoms with Crippen LogP contribution >= 0.6 is 0 Å². The van der Waals surface area contributed by atoms with Crippen molar-refractivity contribution in [3.8, 4) is 0 Å². The van der Waals surface area contributed by atoms with Gasteiger partial charge in [0.25, 0.3) is 5.56 Å². The molecule has 2 aromatic heterocycles. The van der Waals surface area contributed by atoms with Crippen LogP contribution in [0.25, 0.3) is 10.9 Å². The molecular weight excluding hydrogens is 472 g/mol. The number of nitrogens with one attached hydrogen (secondary N) is 1. The van der Waals surface area contributed by atoms with Gasteiger partial charge in [0, 0.05) is 12.2 Å². The SMILES string of the molecule is CCCn1c(C(C)N(Cc2ccco2)C(=O)Nc2ccc(C(=O)OCC)cc2)nc2ccccc2c1=O. The standard InChI is InChI=1S/C28H30N4O5/c1-4-16-31-25(30-24-11-7-6-10-23(24)26(31)33)19(3)32(18-22-9-8-17-37-22)28(35)29-21-14-12-20(13-15-21)27(34)36-5-2/h6-15,17,19H,4-5,16,18H2,1-3H3,(H,29,35). The summed E-state index contributed by atoms with van der Waals surface area (Å²) >= 11 is 0. The average molecular weight is 503 g/mol.